The van der Waals surface area contributed by atoms with Crippen molar-refractivity contribution in [3.05, 3.63) is 42.9 Å². The van der Waals surface area contributed by atoms with E-state index in [-0.39, 0.29) is 18.6 Å². The molecule has 2 aromatic rings. The molecular weight excluding hydrogens is 322 g/mol. The molecule has 0 bridgehead atoms. The minimum absolute atomic E-state index is 0.0272. The van der Waals surface area contributed by atoms with Crippen LogP contribution in [0.2, 0.25) is 0 Å². The van der Waals surface area contributed by atoms with Crippen molar-refractivity contribution in [2.45, 2.75) is 18.9 Å². The lowest BCUT2D eigenvalue weighted by Gasteiger charge is -2.32. The molecule has 0 N–H and O–H groups in total. The molecule has 0 radical (unpaired) electrons. The van der Waals surface area contributed by atoms with E-state index in [1.165, 1.54) is 6.33 Å². The van der Waals surface area contributed by atoms with Crippen LogP contribution in [0.15, 0.2) is 42.9 Å². The van der Waals surface area contributed by atoms with Gasteiger partial charge in [-0.05, 0) is 25.0 Å². The molecule has 0 aliphatic carbocycles. The van der Waals surface area contributed by atoms with Crippen LogP contribution in [0.3, 0.4) is 0 Å². The Morgan fingerprint density at radius 2 is 2.12 bits per heavy atom. The Labute approximate surface area is 146 Å². The summed E-state index contributed by atoms with van der Waals surface area (Å²) in [7, 11) is 1.57. The number of para-hydroxylation sites is 2. The van der Waals surface area contributed by atoms with Gasteiger partial charge in [-0.1, -0.05) is 12.1 Å². The number of aromatic nitrogens is 2. The molecule has 1 fully saturated rings. The van der Waals surface area contributed by atoms with Crippen LogP contribution in [-0.4, -0.2) is 53.7 Å². The van der Waals surface area contributed by atoms with Gasteiger partial charge in [-0.2, -0.15) is 0 Å². The molecular formula is C18H21N3O4. The van der Waals surface area contributed by atoms with Crippen molar-refractivity contribution in [3.63, 3.8) is 0 Å². The van der Waals surface area contributed by atoms with Crippen molar-refractivity contribution in [2.24, 2.45) is 0 Å². The van der Waals surface area contributed by atoms with Crippen LogP contribution in [0.5, 0.6) is 17.4 Å². The molecule has 1 atom stereocenters. The van der Waals surface area contributed by atoms with E-state index < -0.39 is 0 Å². The largest absolute Gasteiger partial charge is 0.493 e. The van der Waals surface area contributed by atoms with E-state index >= 15 is 0 Å². The van der Waals surface area contributed by atoms with E-state index in [2.05, 4.69) is 9.97 Å². The standard InChI is InChI=1S/C18H21N3O4/c1-23-15-6-2-3-7-16(15)24-12-18(22)21-10-4-5-14(11-21)25-17-8-9-19-13-20-17/h2-3,6-9,13-14H,4-5,10-12H2,1H3. The summed E-state index contributed by atoms with van der Waals surface area (Å²) < 4.78 is 16.7. The number of nitrogens with zero attached hydrogens (tertiary/aromatic N) is 3. The normalized spacial score (nSPS) is 17.0. The SMILES string of the molecule is COc1ccccc1OCC(=O)N1CCCC(Oc2ccncn2)C1. The number of hydrogen-bond donors (Lipinski definition) is 0. The van der Waals surface area contributed by atoms with Gasteiger partial charge in [0.15, 0.2) is 18.1 Å². The molecule has 3 rings (SSSR count). The molecule has 1 unspecified atom stereocenters. The molecule has 1 saturated heterocycles. The van der Waals surface area contributed by atoms with Crippen LogP contribution in [0.4, 0.5) is 0 Å². The lowest BCUT2D eigenvalue weighted by atomic mass is 10.1. The number of methoxy groups -OCH3 is 1. The Bertz CT molecular complexity index is 696. The summed E-state index contributed by atoms with van der Waals surface area (Å²) in [5.74, 6) is 1.63. The van der Waals surface area contributed by atoms with Crippen LogP contribution >= 0.6 is 0 Å². The van der Waals surface area contributed by atoms with Gasteiger partial charge in [-0.3, -0.25) is 4.79 Å². The molecule has 0 saturated carbocycles. The van der Waals surface area contributed by atoms with Gasteiger partial charge < -0.3 is 19.1 Å². The van der Waals surface area contributed by atoms with Gasteiger partial charge in [0.05, 0.1) is 13.7 Å². The van der Waals surface area contributed by atoms with Crippen molar-refractivity contribution in [1.82, 2.24) is 14.9 Å². The highest BCUT2D eigenvalue weighted by Gasteiger charge is 2.25. The predicted molar refractivity (Wildman–Crippen MR) is 90.8 cm³/mol. The van der Waals surface area contributed by atoms with Crippen molar-refractivity contribution in [1.29, 1.82) is 0 Å². The maximum absolute atomic E-state index is 12.4. The number of benzene rings is 1. The van der Waals surface area contributed by atoms with Crippen molar-refractivity contribution in [3.8, 4) is 17.4 Å². The number of carbonyl (C=O) groups is 1. The van der Waals surface area contributed by atoms with E-state index in [9.17, 15) is 4.79 Å². The highest BCUT2D eigenvalue weighted by atomic mass is 16.5. The molecule has 7 nitrogen and oxygen atoms in total. The molecule has 2 heterocycles. The Kier molecular flexibility index (Phi) is 5.66. The van der Waals surface area contributed by atoms with Crippen molar-refractivity contribution in [2.75, 3.05) is 26.8 Å². The Hall–Kier alpha value is -2.83. The Morgan fingerprint density at radius 3 is 2.88 bits per heavy atom. The zero-order chi connectivity index (χ0) is 17.5. The van der Waals surface area contributed by atoms with Gasteiger partial charge in [0.25, 0.3) is 5.91 Å². The monoisotopic (exact) mass is 343 g/mol. The number of hydrogen-bond acceptors (Lipinski definition) is 6. The summed E-state index contributed by atoms with van der Waals surface area (Å²) >= 11 is 0. The summed E-state index contributed by atoms with van der Waals surface area (Å²) in [6.45, 7) is 1.20. The average molecular weight is 343 g/mol. The predicted octanol–water partition coefficient (Wildman–Crippen LogP) is 1.93. The number of piperidine rings is 1. The molecule has 25 heavy (non-hydrogen) atoms. The minimum atomic E-state index is -0.0705. The second-order valence-electron chi connectivity index (χ2n) is 5.71. The summed E-state index contributed by atoms with van der Waals surface area (Å²) in [6.07, 6.45) is 4.79. The lowest BCUT2D eigenvalue weighted by Crippen LogP contribution is -2.46. The summed E-state index contributed by atoms with van der Waals surface area (Å²) in [5.41, 5.74) is 0. The van der Waals surface area contributed by atoms with Gasteiger partial charge in [-0.25, -0.2) is 9.97 Å². The number of likely N-dealkylation sites (tertiary alicyclic amines) is 1. The molecule has 1 aromatic heterocycles. The van der Waals surface area contributed by atoms with Gasteiger partial charge in [0.1, 0.15) is 12.4 Å². The Morgan fingerprint density at radius 1 is 1.28 bits per heavy atom. The summed E-state index contributed by atoms with van der Waals surface area (Å²) in [6, 6.07) is 8.99. The maximum atomic E-state index is 12.4. The van der Waals surface area contributed by atoms with Gasteiger partial charge in [0.2, 0.25) is 5.88 Å². The third-order valence-electron chi connectivity index (χ3n) is 3.99. The van der Waals surface area contributed by atoms with E-state index in [0.717, 1.165) is 12.8 Å². The van der Waals surface area contributed by atoms with Crippen LogP contribution in [0.25, 0.3) is 0 Å². The minimum Gasteiger partial charge on any atom is -0.493 e. The molecule has 0 spiro atoms. The second kappa shape index (κ2) is 8.32. The lowest BCUT2D eigenvalue weighted by molar-refractivity contribution is -0.136. The smallest absolute Gasteiger partial charge is 0.260 e. The summed E-state index contributed by atoms with van der Waals surface area (Å²) in [4.78, 5) is 22.1. The quantitative estimate of drug-likeness (QED) is 0.798. The number of amides is 1. The molecule has 1 aromatic carbocycles. The fourth-order valence-corrected chi connectivity index (χ4v) is 2.75. The van der Waals surface area contributed by atoms with Crippen LogP contribution in [0.1, 0.15) is 12.8 Å². The maximum Gasteiger partial charge on any atom is 0.260 e. The molecule has 1 aliphatic heterocycles. The first-order valence-corrected chi connectivity index (χ1v) is 8.22. The van der Waals surface area contributed by atoms with Crippen LogP contribution in [-0.2, 0) is 4.79 Å². The van der Waals surface area contributed by atoms with Crippen LogP contribution in [0, 0.1) is 0 Å². The number of rotatable bonds is 6. The topological polar surface area (TPSA) is 73.8 Å². The van der Waals surface area contributed by atoms with Gasteiger partial charge >= 0.3 is 0 Å². The molecule has 7 heteroatoms. The van der Waals surface area contributed by atoms with E-state index in [4.69, 9.17) is 14.2 Å². The number of carbonyl (C=O) groups excluding carboxylic acids is 1. The first-order valence-electron chi connectivity index (χ1n) is 8.22. The average Bonchev–Trinajstić information content (AvgIpc) is 2.67. The third kappa shape index (κ3) is 4.59. The highest BCUT2D eigenvalue weighted by Crippen LogP contribution is 2.26. The van der Waals surface area contributed by atoms with E-state index in [1.54, 1.807) is 36.4 Å². The first kappa shape index (κ1) is 17.0. The van der Waals surface area contributed by atoms with Gasteiger partial charge in [-0.15, -0.1) is 0 Å². The molecule has 1 aliphatic rings. The van der Waals surface area contributed by atoms with E-state index in [0.29, 0.717) is 30.5 Å². The molecule has 1 amide bonds. The zero-order valence-corrected chi connectivity index (χ0v) is 14.1. The highest BCUT2D eigenvalue weighted by molar-refractivity contribution is 5.78. The van der Waals surface area contributed by atoms with E-state index in [1.807, 2.05) is 12.1 Å². The molecule has 132 valence electrons. The van der Waals surface area contributed by atoms with Gasteiger partial charge in [0, 0.05) is 18.8 Å². The van der Waals surface area contributed by atoms with Crippen molar-refractivity contribution >= 4 is 5.91 Å². The first-order chi connectivity index (χ1) is 12.3. The fraction of sp³-hybridized carbons (Fsp3) is 0.389. The fourth-order valence-electron chi connectivity index (χ4n) is 2.75. The zero-order valence-electron chi connectivity index (χ0n) is 14.1. The third-order valence-corrected chi connectivity index (χ3v) is 3.99. The van der Waals surface area contributed by atoms with Crippen LogP contribution < -0.4 is 14.2 Å². The summed E-state index contributed by atoms with van der Waals surface area (Å²) in [5, 5.41) is 0. The number of ether oxygens (including phenoxy) is 3. The van der Waals surface area contributed by atoms with Crippen molar-refractivity contribution < 1.29 is 19.0 Å². The second-order valence-corrected chi connectivity index (χ2v) is 5.71. The Balaban J connectivity index is 1.53.